The van der Waals surface area contributed by atoms with Crippen LogP contribution in [-0.4, -0.2) is 18.1 Å². The van der Waals surface area contributed by atoms with Crippen molar-refractivity contribution in [2.24, 2.45) is 0 Å². The summed E-state index contributed by atoms with van der Waals surface area (Å²) in [6, 6.07) is 3.62. The molecule has 0 spiro atoms. The number of nitrogens with zero attached hydrogens (tertiary/aromatic N) is 1. The summed E-state index contributed by atoms with van der Waals surface area (Å²) in [4.78, 5) is 4.52. The molecule has 1 fully saturated rings. The molecule has 0 aliphatic carbocycles. The molecule has 1 aromatic heterocycles. The number of aromatic nitrogens is 1. The van der Waals surface area contributed by atoms with E-state index in [4.69, 9.17) is 0 Å². The minimum absolute atomic E-state index is 0. The van der Waals surface area contributed by atoms with Crippen LogP contribution in [0.4, 0.5) is 8.78 Å². The van der Waals surface area contributed by atoms with Crippen molar-refractivity contribution in [3.05, 3.63) is 40.2 Å². The van der Waals surface area contributed by atoms with Crippen molar-refractivity contribution >= 4 is 23.7 Å². The van der Waals surface area contributed by atoms with Crippen LogP contribution in [0.2, 0.25) is 0 Å². The van der Waals surface area contributed by atoms with Crippen LogP contribution in [0.15, 0.2) is 23.6 Å². The lowest BCUT2D eigenvalue weighted by Gasteiger charge is -2.20. The Bertz CT molecular complexity index is 582. The molecule has 1 aromatic carbocycles. The molecular weight excluding hydrogens is 302 g/mol. The molecule has 2 heterocycles. The van der Waals surface area contributed by atoms with E-state index in [1.165, 1.54) is 12.1 Å². The average Bonchev–Trinajstić information content (AvgIpc) is 2.89. The first-order valence-corrected chi connectivity index (χ1v) is 7.23. The zero-order valence-electron chi connectivity index (χ0n) is 10.7. The van der Waals surface area contributed by atoms with Gasteiger partial charge < -0.3 is 5.32 Å². The first-order valence-electron chi connectivity index (χ1n) is 6.35. The standard InChI is InChI=1S/C14H14F2N2S.ClH/c15-10-1-2-11(12(16)7-10)13-8-19-14(18-13)9-3-5-17-6-4-9;/h1-2,7-9,17H,3-6H2;1H. The van der Waals surface area contributed by atoms with Gasteiger partial charge in [-0.1, -0.05) is 0 Å². The Kier molecular flexibility index (Phi) is 5.07. The fourth-order valence-electron chi connectivity index (χ4n) is 2.36. The number of hydrogen-bond acceptors (Lipinski definition) is 3. The van der Waals surface area contributed by atoms with Gasteiger partial charge in [-0.15, -0.1) is 23.7 Å². The summed E-state index contributed by atoms with van der Waals surface area (Å²) in [6.45, 7) is 2.01. The monoisotopic (exact) mass is 316 g/mol. The Labute approximate surface area is 126 Å². The van der Waals surface area contributed by atoms with E-state index in [0.717, 1.165) is 37.0 Å². The van der Waals surface area contributed by atoms with Crippen LogP contribution in [0.3, 0.4) is 0 Å². The molecule has 3 rings (SSSR count). The first kappa shape index (κ1) is 15.4. The summed E-state index contributed by atoms with van der Waals surface area (Å²) in [7, 11) is 0. The molecule has 2 nitrogen and oxygen atoms in total. The molecule has 0 radical (unpaired) electrons. The molecule has 20 heavy (non-hydrogen) atoms. The highest BCUT2D eigenvalue weighted by Gasteiger charge is 2.19. The second-order valence-electron chi connectivity index (χ2n) is 4.72. The molecule has 0 saturated carbocycles. The third-order valence-electron chi connectivity index (χ3n) is 3.42. The maximum Gasteiger partial charge on any atom is 0.135 e. The van der Waals surface area contributed by atoms with Crippen LogP contribution in [0.1, 0.15) is 23.8 Å². The van der Waals surface area contributed by atoms with Gasteiger partial charge >= 0.3 is 0 Å². The van der Waals surface area contributed by atoms with E-state index in [2.05, 4.69) is 10.3 Å². The summed E-state index contributed by atoms with van der Waals surface area (Å²) in [5.41, 5.74) is 0.980. The van der Waals surface area contributed by atoms with Crippen molar-refractivity contribution in [3.8, 4) is 11.3 Å². The maximum atomic E-state index is 13.7. The van der Waals surface area contributed by atoms with E-state index in [1.807, 2.05) is 5.38 Å². The predicted octanol–water partition coefficient (Wildman–Crippen LogP) is 3.98. The molecule has 0 bridgehead atoms. The molecule has 1 N–H and O–H groups in total. The van der Waals surface area contributed by atoms with Crippen molar-refractivity contribution in [1.82, 2.24) is 10.3 Å². The van der Waals surface area contributed by atoms with Gasteiger partial charge in [-0.3, -0.25) is 0 Å². The highest BCUT2D eigenvalue weighted by atomic mass is 35.5. The molecule has 0 amide bonds. The number of thiazole rings is 1. The molecule has 0 atom stereocenters. The van der Waals surface area contributed by atoms with E-state index in [1.54, 1.807) is 11.3 Å². The first-order chi connectivity index (χ1) is 9.24. The van der Waals surface area contributed by atoms with Gasteiger partial charge in [0.2, 0.25) is 0 Å². The molecule has 1 aliphatic rings. The molecule has 1 aliphatic heterocycles. The van der Waals surface area contributed by atoms with Gasteiger partial charge in [0.25, 0.3) is 0 Å². The summed E-state index contributed by atoms with van der Waals surface area (Å²) >= 11 is 1.56. The van der Waals surface area contributed by atoms with Crippen molar-refractivity contribution < 1.29 is 8.78 Å². The van der Waals surface area contributed by atoms with Gasteiger partial charge in [0.05, 0.1) is 10.7 Å². The van der Waals surface area contributed by atoms with Gasteiger partial charge in [-0.05, 0) is 38.1 Å². The fourth-order valence-corrected chi connectivity index (χ4v) is 3.36. The third-order valence-corrected chi connectivity index (χ3v) is 4.42. The Balaban J connectivity index is 0.00000147. The SMILES string of the molecule is Cl.Fc1ccc(-c2csc(C3CCNCC3)n2)c(F)c1. The summed E-state index contributed by atoms with van der Waals surface area (Å²) in [6.07, 6.45) is 2.14. The van der Waals surface area contributed by atoms with E-state index in [0.29, 0.717) is 17.2 Å². The van der Waals surface area contributed by atoms with Crippen molar-refractivity contribution in [1.29, 1.82) is 0 Å². The molecule has 6 heteroatoms. The number of hydrogen-bond donors (Lipinski definition) is 1. The number of piperidine rings is 1. The lowest BCUT2D eigenvalue weighted by atomic mass is 9.99. The number of halogens is 3. The molecule has 0 unspecified atom stereocenters. The van der Waals surface area contributed by atoms with Crippen LogP contribution in [0.25, 0.3) is 11.3 Å². The zero-order chi connectivity index (χ0) is 13.2. The Morgan fingerprint density at radius 2 is 1.95 bits per heavy atom. The van der Waals surface area contributed by atoms with Gasteiger partial charge in [0.1, 0.15) is 11.6 Å². The van der Waals surface area contributed by atoms with Gasteiger partial charge in [0, 0.05) is 22.9 Å². The normalized spacial score (nSPS) is 15.9. The van der Waals surface area contributed by atoms with Crippen LogP contribution in [0.5, 0.6) is 0 Å². The molecule has 108 valence electrons. The Morgan fingerprint density at radius 3 is 2.65 bits per heavy atom. The van der Waals surface area contributed by atoms with Gasteiger partial charge in [-0.2, -0.15) is 0 Å². The molecular formula is C14H15ClF2N2S. The van der Waals surface area contributed by atoms with E-state index in [9.17, 15) is 8.78 Å². The summed E-state index contributed by atoms with van der Waals surface area (Å²) < 4.78 is 26.6. The summed E-state index contributed by atoms with van der Waals surface area (Å²) in [5, 5.41) is 6.22. The Morgan fingerprint density at radius 1 is 1.20 bits per heavy atom. The number of benzene rings is 1. The highest BCUT2D eigenvalue weighted by molar-refractivity contribution is 7.10. The van der Waals surface area contributed by atoms with Crippen molar-refractivity contribution in [2.45, 2.75) is 18.8 Å². The number of rotatable bonds is 2. The lowest BCUT2D eigenvalue weighted by Crippen LogP contribution is -2.26. The zero-order valence-corrected chi connectivity index (χ0v) is 12.4. The molecule has 1 saturated heterocycles. The highest BCUT2D eigenvalue weighted by Crippen LogP contribution is 2.32. The summed E-state index contributed by atoms with van der Waals surface area (Å²) in [5.74, 6) is -0.652. The van der Waals surface area contributed by atoms with E-state index < -0.39 is 11.6 Å². The maximum absolute atomic E-state index is 13.7. The van der Waals surface area contributed by atoms with E-state index in [-0.39, 0.29) is 12.4 Å². The second kappa shape index (κ2) is 6.61. The van der Waals surface area contributed by atoms with Gasteiger partial charge in [-0.25, -0.2) is 13.8 Å². The van der Waals surface area contributed by atoms with Crippen molar-refractivity contribution in [3.63, 3.8) is 0 Å². The fraction of sp³-hybridized carbons (Fsp3) is 0.357. The largest absolute Gasteiger partial charge is 0.317 e. The van der Waals surface area contributed by atoms with Crippen LogP contribution >= 0.6 is 23.7 Å². The van der Waals surface area contributed by atoms with E-state index >= 15 is 0 Å². The number of nitrogens with one attached hydrogen (secondary N) is 1. The average molecular weight is 317 g/mol. The van der Waals surface area contributed by atoms with Gasteiger partial charge in [0.15, 0.2) is 0 Å². The van der Waals surface area contributed by atoms with Crippen molar-refractivity contribution in [2.75, 3.05) is 13.1 Å². The van der Waals surface area contributed by atoms with Crippen LogP contribution in [-0.2, 0) is 0 Å². The topological polar surface area (TPSA) is 24.9 Å². The third kappa shape index (κ3) is 3.16. The molecule has 2 aromatic rings. The minimum Gasteiger partial charge on any atom is -0.317 e. The minimum atomic E-state index is -0.560. The van der Waals surface area contributed by atoms with Crippen LogP contribution in [0, 0.1) is 11.6 Å². The Hall–Kier alpha value is -1.04. The second-order valence-corrected chi connectivity index (χ2v) is 5.61. The lowest BCUT2D eigenvalue weighted by molar-refractivity contribution is 0.459. The smallest absolute Gasteiger partial charge is 0.135 e. The predicted molar refractivity (Wildman–Crippen MR) is 79.6 cm³/mol. The van der Waals surface area contributed by atoms with Crippen LogP contribution < -0.4 is 5.32 Å². The quantitative estimate of drug-likeness (QED) is 0.906.